The van der Waals surface area contributed by atoms with Gasteiger partial charge in [0.1, 0.15) is 5.75 Å². The minimum absolute atomic E-state index is 0.641. The van der Waals surface area contributed by atoms with E-state index in [4.69, 9.17) is 16.3 Å². The van der Waals surface area contributed by atoms with Gasteiger partial charge in [-0.25, -0.2) is 0 Å². The monoisotopic (exact) mass is 302 g/mol. The molecule has 3 rings (SSSR count). The Morgan fingerprint density at radius 3 is 2.90 bits per heavy atom. The Hall–Kier alpha value is -1.58. The lowest BCUT2D eigenvalue weighted by Crippen LogP contribution is -2.15. The van der Waals surface area contributed by atoms with Crippen LogP contribution in [0.3, 0.4) is 0 Å². The van der Waals surface area contributed by atoms with Gasteiger partial charge in [-0.1, -0.05) is 17.7 Å². The van der Waals surface area contributed by atoms with Crippen molar-refractivity contribution in [3.8, 4) is 16.9 Å². The van der Waals surface area contributed by atoms with Crippen molar-refractivity contribution >= 4 is 11.6 Å². The van der Waals surface area contributed by atoms with E-state index >= 15 is 0 Å². The van der Waals surface area contributed by atoms with Gasteiger partial charge in [0.15, 0.2) is 0 Å². The summed E-state index contributed by atoms with van der Waals surface area (Å²) in [5.41, 5.74) is 3.41. The molecule has 0 aliphatic heterocycles. The molecule has 110 valence electrons. The zero-order valence-corrected chi connectivity index (χ0v) is 12.9. The third kappa shape index (κ3) is 3.74. The first kappa shape index (κ1) is 14.4. The second kappa shape index (κ2) is 6.46. The molecule has 3 nitrogen and oxygen atoms in total. The SMILES string of the molecule is CCOc1cncc(-c2ccc(Cl)cc2CNC2CC2)c1. The van der Waals surface area contributed by atoms with E-state index in [-0.39, 0.29) is 0 Å². The van der Waals surface area contributed by atoms with Crippen molar-refractivity contribution in [1.82, 2.24) is 10.3 Å². The summed E-state index contributed by atoms with van der Waals surface area (Å²) in [6.07, 6.45) is 6.16. The minimum Gasteiger partial charge on any atom is -0.492 e. The Morgan fingerprint density at radius 2 is 2.14 bits per heavy atom. The summed E-state index contributed by atoms with van der Waals surface area (Å²) in [5, 5.41) is 4.30. The molecule has 0 spiro atoms. The summed E-state index contributed by atoms with van der Waals surface area (Å²) in [6.45, 7) is 3.45. The Morgan fingerprint density at radius 1 is 1.29 bits per heavy atom. The van der Waals surface area contributed by atoms with E-state index < -0.39 is 0 Å². The number of rotatable bonds is 6. The lowest BCUT2D eigenvalue weighted by atomic mass is 10.0. The lowest BCUT2D eigenvalue weighted by Gasteiger charge is -2.12. The van der Waals surface area contributed by atoms with E-state index in [9.17, 15) is 0 Å². The Labute approximate surface area is 130 Å². The number of hydrogen-bond acceptors (Lipinski definition) is 3. The molecule has 21 heavy (non-hydrogen) atoms. The summed E-state index contributed by atoms with van der Waals surface area (Å²) in [6, 6.07) is 8.70. The van der Waals surface area contributed by atoms with Crippen molar-refractivity contribution in [3.05, 3.63) is 47.2 Å². The van der Waals surface area contributed by atoms with Gasteiger partial charge in [-0.2, -0.15) is 0 Å². The Balaban J connectivity index is 1.90. The van der Waals surface area contributed by atoms with Crippen LogP contribution in [0.1, 0.15) is 25.3 Å². The molecule has 1 aromatic carbocycles. The summed E-state index contributed by atoms with van der Waals surface area (Å²) in [5.74, 6) is 0.797. The smallest absolute Gasteiger partial charge is 0.138 e. The maximum atomic E-state index is 6.15. The van der Waals surface area contributed by atoms with Crippen LogP contribution in [-0.4, -0.2) is 17.6 Å². The molecule has 0 radical (unpaired) electrons. The molecule has 4 heteroatoms. The van der Waals surface area contributed by atoms with Crippen molar-refractivity contribution in [2.75, 3.05) is 6.61 Å². The number of nitrogens with zero attached hydrogens (tertiary/aromatic N) is 1. The molecule has 0 atom stereocenters. The topological polar surface area (TPSA) is 34.1 Å². The lowest BCUT2D eigenvalue weighted by molar-refractivity contribution is 0.339. The molecule has 0 amide bonds. The zero-order valence-electron chi connectivity index (χ0n) is 12.1. The highest BCUT2D eigenvalue weighted by Crippen LogP contribution is 2.29. The van der Waals surface area contributed by atoms with Crippen molar-refractivity contribution in [3.63, 3.8) is 0 Å². The second-order valence-electron chi connectivity index (χ2n) is 5.30. The fourth-order valence-corrected chi connectivity index (χ4v) is 2.54. The van der Waals surface area contributed by atoms with E-state index in [0.29, 0.717) is 12.6 Å². The Bertz CT molecular complexity index is 626. The van der Waals surface area contributed by atoms with Crippen LogP contribution in [-0.2, 0) is 6.54 Å². The van der Waals surface area contributed by atoms with Gasteiger partial charge in [0, 0.05) is 29.4 Å². The highest BCUT2D eigenvalue weighted by molar-refractivity contribution is 6.30. The third-order valence-electron chi connectivity index (χ3n) is 3.56. The van der Waals surface area contributed by atoms with E-state index in [1.165, 1.54) is 18.4 Å². The Kier molecular flexibility index (Phi) is 4.42. The van der Waals surface area contributed by atoms with Crippen LogP contribution < -0.4 is 10.1 Å². The zero-order chi connectivity index (χ0) is 14.7. The van der Waals surface area contributed by atoms with Gasteiger partial charge in [0.05, 0.1) is 12.8 Å². The fraction of sp³-hybridized carbons (Fsp3) is 0.353. The number of benzene rings is 1. The van der Waals surface area contributed by atoms with Gasteiger partial charge in [-0.3, -0.25) is 4.98 Å². The molecule has 2 aromatic rings. The van der Waals surface area contributed by atoms with E-state index in [1.54, 1.807) is 6.20 Å². The van der Waals surface area contributed by atoms with E-state index in [0.717, 1.165) is 28.4 Å². The van der Waals surface area contributed by atoms with Gasteiger partial charge >= 0.3 is 0 Å². The summed E-state index contributed by atoms with van der Waals surface area (Å²) < 4.78 is 5.54. The molecule has 1 aliphatic carbocycles. The molecule has 1 N–H and O–H groups in total. The van der Waals surface area contributed by atoms with Crippen LogP contribution >= 0.6 is 11.6 Å². The molecule has 0 saturated heterocycles. The maximum absolute atomic E-state index is 6.15. The normalized spacial score (nSPS) is 14.2. The number of nitrogens with one attached hydrogen (secondary N) is 1. The molecular formula is C17H19ClN2O. The molecule has 1 aliphatic rings. The van der Waals surface area contributed by atoms with Crippen LogP contribution in [0, 0.1) is 0 Å². The van der Waals surface area contributed by atoms with Crippen LogP contribution in [0.2, 0.25) is 5.02 Å². The van der Waals surface area contributed by atoms with Gasteiger partial charge in [0.25, 0.3) is 0 Å². The summed E-state index contributed by atoms with van der Waals surface area (Å²) in [4.78, 5) is 4.27. The number of halogens is 1. The highest BCUT2D eigenvalue weighted by Gasteiger charge is 2.20. The molecule has 0 unspecified atom stereocenters. The van der Waals surface area contributed by atoms with Crippen molar-refractivity contribution < 1.29 is 4.74 Å². The van der Waals surface area contributed by atoms with Crippen LogP contribution in [0.4, 0.5) is 0 Å². The number of ether oxygens (including phenoxy) is 1. The number of aromatic nitrogens is 1. The van der Waals surface area contributed by atoms with Crippen molar-refractivity contribution in [2.24, 2.45) is 0 Å². The largest absolute Gasteiger partial charge is 0.492 e. The molecule has 1 fully saturated rings. The van der Waals surface area contributed by atoms with Crippen LogP contribution in [0.5, 0.6) is 5.75 Å². The number of hydrogen-bond donors (Lipinski definition) is 1. The first-order valence-electron chi connectivity index (χ1n) is 7.36. The van der Waals surface area contributed by atoms with Gasteiger partial charge in [-0.05, 0) is 49.1 Å². The minimum atomic E-state index is 0.641. The summed E-state index contributed by atoms with van der Waals surface area (Å²) in [7, 11) is 0. The van der Waals surface area contributed by atoms with Crippen LogP contribution in [0.15, 0.2) is 36.7 Å². The first-order chi connectivity index (χ1) is 10.3. The fourth-order valence-electron chi connectivity index (χ4n) is 2.34. The molecular weight excluding hydrogens is 284 g/mol. The molecule has 1 saturated carbocycles. The third-order valence-corrected chi connectivity index (χ3v) is 3.80. The highest BCUT2D eigenvalue weighted by atomic mass is 35.5. The van der Waals surface area contributed by atoms with E-state index in [1.807, 2.05) is 31.3 Å². The predicted molar refractivity (Wildman–Crippen MR) is 85.7 cm³/mol. The maximum Gasteiger partial charge on any atom is 0.138 e. The quantitative estimate of drug-likeness (QED) is 0.874. The predicted octanol–water partition coefficient (Wildman–Crippen LogP) is 4.05. The van der Waals surface area contributed by atoms with Crippen LogP contribution in [0.25, 0.3) is 11.1 Å². The average Bonchev–Trinajstić information content (AvgIpc) is 3.30. The molecule has 0 bridgehead atoms. The second-order valence-corrected chi connectivity index (χ2v) is 5.74. The standard InChI is InChI=1S/C17H19ClN2O/c1-2-21-16-8-13(9-19-11-16)17-6-3-14(18)7-12(17)10-20-15-4-5-15/h3,6-9,11,15,20H,2,4-5,10H2,1H3. The summed E-state index contributed by atoms with van der Waals surface area (Å²) >= 11 is 6.15. The van der Waals surface area contributed by atoms with Gasteiger partial charge in [0.2, 0.25) is 0 Å². The molecule has 1 heterocycles. The average molecular weight is 303 g/mol. The van der Waals surface area contributed by atoms with Crippen molar-refractivity contribution in [2.45, 2.75) is 32.4 Å². The van der Waals surface area contributed by atoms with Gasteiger partial charge in [-0.15, -0.1) is 0 Å². The number of pyridine rings is 1. The van der Waals surface area contributed by atoms with Gasteiger partial charge < -0.3 is 10.1 Å². The van der Waals surface area contributed by atoms with E-state index in [2.05, 4.69) is 16.4 Å². The molecule has 1 aromatic heterocycles. The van der Waals surface area contributed by atoms with Crippen molar-refractivity contribution in [1.29, 1.82) is 0 Å². The first-order valence-corrected chi connectivity index (χ1v) is 7.74.